The van der Waals surface area contributed by atoms with Crippen LogP contribution in [0.5, 0.6) is 0 Å². The average molecular weight is 211 g/mol. The summed E-state index contributed by atoms with van der Waals surface area (Å²) in [6, 6.07) is 0. The molecule has 0 atom stereocenters. The van der Waals surface area contributed by atoms with Gasteiger partial charge in [-0.3, -0.25) is 0 Å². The van der Waals surface area contributed by atoms with Crippen molar-refractivity contribution < 1.29 is 9.15 Å². The van der Waals surface area contributed by atoms with E-state index >= 15 is 0 Å². The molecule has 2 heterocycles. The summed E-state index contributed by atoms with van der Waals surface area (Å²) < 4.78 is 10.9. The zero-order valence-corrected chi connectivity index (χ0v) is 8.82. The van der Waals surface area contributed by atoms with Gasteiger partial charge in [0.1, 0.15) is 0 Å². The van der Waals surface area contributed by atoms with Gasteiger partial charge in [0, 0.05) is 25.6 Å². The van der Waals surface area contributed by atoms with Crippen molar-refractivity contribution >= 4 is 0 Å². The Morgan fingerprint density at radius 2 is 2.07 bits per heavy atom. The SMILES string of the molecule is NCCCc1nnc(C2CCOCC2)o1. The maximum atomic E-state index is 5.59. The number of aryl methyl sites for hydroxylation is 1. The molecule has 1 aromatic heterocycles. The summed E-state index contributed by atoms with van der Waals surface area (Å²) in [6.45, 7) is 2.26. The number of rotatable bonds is 4. The van der Waals surface area contributed by atoms with Crippen molar-refractivity contribution in [2.45, 2.75) is 31.6 Å². The number of ether oxygens (including phenoxy) is 1. The number of aromatic nitrogens is 2. The average Bonchev–Trinajstić information content (AvgIpc) is 2.76. The van der Waals surface area contributed by atoms with Crippen LogP contribution in [0.4, 0.5) is 0 Å². The van der Waals surface area contributed by atoms with Crippen LogP contribution in [0.15, 0.2) is 4.42 Å². The lowest BCUT2D eigenvalue weighted by Gasteiger charge is -2.18. The quantitative estimate of drug-likeness (QED) is 0.799. The molecule has 0 amide bonds. The maximum absolute atomic E-state index is 5.59. The predicted molar refractivity (Wildman–Crippen MR) is 54.5 cm³/mol. The first-order valence-electron chi connectivity index (χ1n) is 5.50. The van der Waals surface area contributed by atoms with Gasteiger partial charge in [-0.25, -0.2) is 0 Å². The molecule has 1 aromatic rings. The maximum Gasteiger partial charge on any atom is 0.219 e. The van der Waals surface area contributed by atoms with Crippen molar-refractivity contribution in [2.75, 3.05) is 19.8 Å². The predicted octanol–water partition coefficient (Wildman–Crippen LogP) is 0.855. The Hall–Kier alpha value is -0.940. The van der Waals surface area contributed by atoms with E-state index in [1.165, 1.54) is 0 Å². The number of hydrogen-bond donors (Lipinski definition) is 1. The van der Waals surface area contributed by atoms with E-state index in [0.29, 0.717) is 18.4 Å². The zero-order valence-electron chi connectivity index (χ0n) is 8.82. The van der Waals surface area contributed by atoms with Gasteiger partial charge in [-0.2, -0.15) is 0 Å². The topological polar surface area (TPSA) is 74.2 Å². The number of nitrogens with zero attached hydrogens (tertiary/aromatic N) is 2. The molecule has 1 saturated heterocycles. The molecule has 5 heteroatoms. The summed E-state index contributed by atoms with van der Waals surface area (Å²) in [6.07, 6.45) is 3.65. The first-order chi connectivity index (χ1) is 7.40. The van der Waals surface area contributed by atoms with Crippen LogP contribution in [0, 0.1) is 0 Å². The molecule has 0 unspecified atom stereocenters. The number of hydrogen-bond acceptors (Lipinski definition) is 5. The fourth-order valence-corrected chi connectivity index (χ4v) is 1.73. The van der Waals surface area contributed by atoms with Crippen LogP contribution in [0.1, 0.15) is 37.0 Å². The first kappa shape index (κ1) is 10.6. The Balaban J connectivity index is 1.93. The normalized spacial score (nSPS) is 18.2. The van der Waals surface area contributed by atoms with E-state index in [2.05, 4.69) is 10.2 Å². The second-order valence-electron chi connectivity index (χ2n) is 3.81. The summed E-state index contributed by atoms with van der Waals surface area (Å²) in [4.78, 5) is 0. The van der Waals surface area contributed by atoms with Crippen LogP contribution in [0.3, 0.4) is 0 Å². The van der Waals surface area contributed by atoms with Crippen LogP contribution in [-0.2, 0) is 11.2 Å². The van der Waals surface area contributed by atoms with Gasteiger partial charge < -0.3 is 14.9 Å². The zero-order chi connectivity index (χ0) is 10.5. The van der Waals surface area contributed by atoms with E-state index in [1.807, 2.05) is 0 Å². The van der Waals surface area contributed by atoms with Crippen LogP contribution in [-0.4, -0.2) is 30.0 Å². The molecule has 0 radical (unpaired) electrons. The molecule has 5 nitrogen and oxygen atoms in total. The molecular weight excluding hydrogens is 194 g/mol. The molecule has 15 heavy (non-hydrogen) atoms. The third-order valence-electron chi connectivity index (χ3n) is 2.65. The summed E-state index contributed by atoms with van der Waals surface area (Å²) in [5.41, 5.74) is 5.42. The molecule has 1 aliphatic heterocycles. The van der Waals surface area contributed by atoms with Crippen LogP contribution >= 0.6 is 0 Å². The standard InChI is InChI=1S/C10H17N3O2/c11-5-1-2-9-12-13-10(15-9)8-3-6-14-7-4-8/h8H,1-7,11H2. The highest BCUT2D eigenvalue weighted by molar-refractivity contribution is 4.92. The van der Waals surface area contributed by atoms with E-state index in [-0.39, 0.29) is 0 Å². The summed E-state index contributed by atoms with van der Waals surface area (Å²) in [7, 11) is 0. The summed E-state index contributed by atoms with van der Waals surface area (Å²) in [5.74, 6) is 1.87. The van der Waals surface area contributed by atoms with E-state index in [1.54, 1.807) is 0 Å². The lowest BCUT2D eigenvalue weighted by atomic mass is 10.0. The van der Waals surface area contributed by atoms with Gasteiger partial charge in [-0.1, -0.05) is 0 Å². The van der Waals surface area contributed by atoms with Gasteiger partial charge in [-0.15, -0.1) is 10.2 Å². The Kier molecular flexibility index (Phi) is 3.69. The Labute approximate surface area is 89.0 Å². The van der Waals surface area contributed by atoms with Crippen molar-refractivity contribution in [2.24, 2.45) is 5.73 Å². The van der Waals surface area contributed by atoms with Gasteiger partial charge in [0.15, 0.2) is 0 Å². The third kappa shape index (κ3) is 2.76. The van der Waals surface area contributed by atoms with E-state index in [0.717, 1.165) is 44.8 Å². The second kappa shape index (κ2) is 5.23. The van der Waals surface area contributed by atoms with Gasteiger partial charge in [0.05, 0.1) is 0 Å². The highest BCUT2D eigenvalue weighted by atomic mass is 16.5. The minimum Gasteiger partial charge on any atom is -0.425 e. The van der Waals surface area contributed by atoms with Gasteiger partial charge >= 0.3 is 0 Å². The highest BCUT2D eigenvalue weighted by Gasteiger charge is 2.21. The van der Waals surface area contributed by atoms with E-state index in [4.69, 9.17) is 14.9 Å². The minimum absolute atomic E-state index is 0.387. The van der Waals surface area contributed by atoms with Gasteiger partial charge in [-0.05, 0) is 25.8 Å². The van der Waals surface area contributed by atoms with Crippen molar-refractivity contribution in [1.29, 1.82) is 0 Å². The lowest BCUT2D eigenvalue weighted by Crippen LogP contribution is -2.14. The molecule has 1 fully saturated rings. The molecule has 1 aliphatic rings. The smallest absolute Gasteiger partial charge is 0.219 e. The third-order valence-corrected chi connectivity index (χ3v) is 2.65. The van der Waals surface area contributed by atoms with Crippen molar-refractivity contribution in [3.05, 3.63) is 11.8 Å². The molecule has 84 valence electrons. The fourth-order valence-electron chi connectivity index (χ4n) is 1.73. The fraction of sp³-hybridized carbons (Fsp3) is 0.800. The second-order valence-corrected chi connectivity index (χ2v) is 3.81. The summed E-state index contributed by atoms with van der Waals surface area (Å²) >= 11 is 0. The number of nitrogens with two attached hydrogens (primary N) is 1. The van der Waals surface area contributed by atoms with Gasteiger partial charge in [0.2, 0.25) is 11.8 Å². The molecule has 0 spiro atoms. The Morgan fingerprint density at radius 1 is 1.27 bits per heavy atom. The van der Waals surface area contributed by atoms with Crippen molar-refractivity contribution in [1.82, 2.24) is 10.2 Å². The van der Waals surface area contributed by atoms with Crippen molar-refractivity contribution in [3.63, 3.8) is 0 Å². The molecular formula is C10H17N3O2. The van der Waals surface area contributed by atoms with Crippen LogP contribution < -0.4 is 5.73 Å². The molecule has 0 aliphatic carbocycles. The molecule has 0 aromatic carbocycles. The monoisotopic (exact) mass is 211 g/mol. The largest absolute Gasteiger partial charge is 0.425 e. The molecule has 2 N–H and O–H groups in total. The van der Waals surface area contributed by atoms with Crippen LogP contribution in [0.2, 0.25) is 0 Å². The lowest BCUT2D eigenvalue weighted by molar-refractivity contribution is 0.0791. The van der Waals surface area contributed by atoms with Gasteiger partial charge in [0.25, 0.3) is 0 Å². The molecule has 2 rings (SSSR count). The van der Waals surface area contributed by atoms with Crippen LogP contribution in [0.25, 0.3) is 0 Å². The highest BCUT2D eigenvalue weighted by Crippen LogP contribution is 2.25. The molecule has 0 bridgehead atoms. The van der Waals surface area contributed by atoms with Crippen molar-refractivity contribution in [3.8, 4) is 0 Å². The first-order valence-corrected chi connectivity index (χ1v) is 5.50. The van der Waals surface area contributed by atoms with E-state index < -0.39 is 0 Å². The Morgan fingerprint density at radius 3 is 2.80 bits per heavy atom. The van der Waals surface area contributed by atoms with E-state index in [9.17, 15) is 0 Å². The Bertz CT molecular complexity index is 295. The minimum atomic E-state index is 0.387. The summed E-state index contributed by atoms with van der Waals surface area (Å²) in [5, 5.41) is 8.10. The molecule has 0 saturated carbocycles.